The summed E-state index contributed by atoms with van der Waals surface area (Å²) in [6, 6.07) is 1.20. The average Bonchev–Trinajstić information content (AvgIpc) is 2.31. The van der Waals surface area contributed by atoms with Crippen LogP contribution in [0.2, 0.25) is 19.1 Å². The highest BCUT2D eigenvalue weighted by Crippen LogP contribution is 2.42. The zero-order valence-electron chi connectivity index (χ0n) is 11.1. The molecule has 0 aromatic heterocycles. The Morgan fingerprint density at radius 1 is 1.20 bits per heavy atom. The highest BCUT2D eigenvalue weighted by Gasteiger charge is 2.34. The second-order valence-electron chi connectivity index (χ2n) is 5.45. The smallest absolute Gasteiger partial charge is 0.0802 e. The summed E-state index contributed by atoms with van der Waals surface area (Å²) in [5, 5.41) is 1.75. The molecule has 84 valence electrons. The van der Waals surface area contributed by atoms with Gasteiger partial charge >= 0.3 is 0 Å². The van der Waals surface area contributed by atoms with E-state index in [0.717, 1.165) is 0 Å². The normalized spacial score (nSPS) is 22.7. The zero-order valence-corrected chi connectivity index (χ0v) is 12.1. The van der Waals surface area contributed by atoms with Crippen LogP contribution in [-0.2, 0) is 0 Å². The molecule has 0 amide bonds. The molecule has 0 N–H and O–H groups in total. The first-order valence-electron chi connectivity index (χ1n) is 5.82. The highest BCUT2D eigenvalue weighted by atomic mass is 28.3. The predicted octanol–water partition coefficient (Wildman–Crippen LogP) is 4.72. The Morgan fingerprint density at radius 2 is 1.73 bits per heavy atom. The van der Waals surface area contributed by atoms with Crippen LogP contribution in [0.3, 0.4) is 0 Å². The third-order valence-corrected chi connectivity index (χ3v) is 7.60. The molecular formula is C14H24Si. The van der Waals surface area contributed by atoms with Crippen LogP contribution in [0.4, 0.5) is 0 Å². The van der Waals surface area contributed by atoms with Crippen molar-refractivity contribution in [1.82, 2.24) is 0 Å². The number of hydrogen-bond donors (Lipinski definition) is 0. The minimum absolute atomic E-state index is 0.673. The monoisotopic (exact) mass is 220 g/mol. The van der Waals surface area contributed by atoms with Gasteiger partial charge in [-0.3, -0.25) is 0 Å². The van der Waals surface area contributed by atoms with Crippen LogP contribution in [0.5, 0.6) is 0 Å². The number of rotatable bonds is 3. The molecule has 0 aromatic rings. The topological polar surface area (TPSA) is 0 Å². The lowest BCUT2D eigenvalue weighted by Gasteiger charge is -2.28. The lowest BCUT2D eigenvalue weighted by molar-refractivity contribution is 0.846. The molecule has 0 heterocycles. The SMILES string of the molecule is C=CC[Si](C)(C)C1=C(C)C(C)=C(C)C1C. The fraction of sp³-hybridized carbons (Fsp3) is 0.571. The van der Waals surface area contributed by atoms with Gasteiger partial charge in [-0.15, -0.1) is 6.58 Å². The Bertz CT molecular complexity index is 342. The Labute approximate surface area is 95.8 Å². The van der Waals surface area contributed by atoms with Gasteiger partial charge in [0.2, 0.25) is 0 Å². The molecule has 1 heteroatoms. The van der Waals surface area contributed by atoms with Crippen molar-refractivity contribution < 1.29 is 0 Å². The van der Waals surface area contributed by atoms with Crippen molar-refractivity contribution in [3.63, 3.8) is 0 Å². The molecule has 0 nitrogen and oxygen atoms in total. The summed E-state index contributed by atoms with van der Waals surface area (Å²) in [4.78, 5) is 0. The molecule has 0 radical (unpaired) electrons. The molecule has 1 atom stereocenters. The zero-order chi connectivity index (χ0) is 11.8. The van der Waals surface area contributed by atoms with Crippen molar-refractivity contribution in [2.45, 2.75) is 46.8 Å². The van der Waals surface area contributed by atoms with E-state index in [2.05, 4.69) is 53.4 Å². The average molecular weight is 220 g/mol. The van der Waals surface area contributed by atoms with Gasteiger partial charge in [-0.05, 0) is 38.3 Å². The van der Waals surface area contributed by atoms with Crippen molar-refractivity contribution in [1.29, 1.82) is 0 Å². The summed E-state index contributed by atoms with van der Waals surface area (Å²) in [5.41, 5.74) is 4.67. The van der Waals surface area contributed by atoms with Crippen molar-refractivity contribution in [2.24, 2.45) is 5.92 Å². The highest BCUT2D eigenvalue weighted by molar-refractivity contribution is 6.85. The minimum Gasteiger partial charge on any atom is -0.103 e. The maximum atomic E-state index is 3.90. The third kappa shape index (κ3) is 2.03. The van der Waals surface area contributed by atoms with Crippen LogP contribution in [0.15, 0.2) is 34.6 Å². The minimum atomic E-state index is -1.26. The quantitative estimate of drug-likeness (QED) is 0.477. The Kier molecular flexibility index (Phi) is 3.44. The molecule has 0 saturated carbocycles. The summed E-state index contributed by atoms with van der Waals surface area (Å²) in [6.07, 6.45) is 2.10. The molecule has 0 aliphatic heterocycles. The Hall–Kier alpha value is -0.563. The fourth-order valence-corrected chi connectivity index (χ4v) is 6.46. The molecule has 1 unspecified atom stereocenters. The van der Waals surface area contributed by atoms with Gasteiger partial charge in [-0.2, -0.15) is 0 Å². The van der Waals surface area contributed by atoms with Crippen LogP contribution in [0.1, 0.15) is 27.7 Å². The molecule has 0 bridgehead atoms. The molecule has 1 aliphatic rings. The molecule has 1 rings (SSSR count). The molecular weight excluding hydrogens is 196 g/mol. The summed E-state index contributed by atoms with van der Waals surface area (Å²) in [5.74, 6) is 0.673. The first-order chi connectivity index (χ1) is 6.83. The summed E-state index contributed by atoms with van der Waals surface area (Å²) in [6.45, 7) is 18.1. The Morgan fingerprint density at radius 3 is 2.07 bits per heavy atom. The Balaban J connectivity index is 3.14. The van der Waals surface area contributed by atoms with Crippen molar-refractivity contribution in [2.75, 3.05) is 0 Å². The first kappa shape index (κ1) is 12.5. The largest absolute Gasteiger partial charge is 0.103 e. The standard InChI is InChI=1S/C14H24Si/c1-8-9-15(6,7)14-12(4)10(2)11(3)13(14)5/h8,12H,1,9H2,2-7H3. The molecule has 15 heavy (non-hydrogen) atoms. The lowest BCUT2D eigenvalue weighted by atomic mass is 10.1. The van der Waals surface area contributed by atoms with E-state index in [1.54, 1.807) is 16.3 Å². The molecule has 1 aliphatic carbocycles. The molecule has 0 spiro atoms. The maximum Gasteiger partial charge on any atom is 0.0802 e. The van der Waals surface area contributed by atoms with E-state index in [1.165, 1.54) is 11.6 Å². The van der Waals surface area contributed by atoms with E-state index >= 15 is 0 Å². The molecule has 0 fully saturated rings. The van der Waals surface area contributed by atoms with Crippen LogP contribution in [-0.4, -0.2) is 8.07 Å². The summed E-state index contributed by atoms with van der Waals surface area (Å²) in [7, 11) is -1.26. The van der Waals surface area contributed by atoms with Crippen molar-refractivity contribution >= 4 is 8.07 Å². The van der Waals surface area contributed by atoms with E-state index in [-0.39, 0.29) is 0 Å². The first-order valence-corrected chi connectivity index (χ1v) is 9.03. The second kappa shape index (κ2) is 4.13. The maximum absolute atomic E-state index is 3.90. The van der Waals surface area contributed by atoms with Gasteiger partial charge in [0.15, 0.2) is 0 Å². The number of allylic oxidation sites excluding steroid dienone is 5. The lowest BCUT2D eigenvalue weighted by Crippen LogP contribution is -2.31. The summed E-state index contributed by atoms with van der Waals surface area (Å²) >= 11 is 0. The van der Waals surface area contributed by atoms with E-state index in [1.807, 2.05) is 0 Å². The van der Waals surface area contributed by atoms with E-state index in [0.29, 0.717) is 5.92 Å². The fourth-order valence-electron chi connectivity index (χ4n) is 2.93. The van der Waals surface area contributed by atoms with Crippen LogP contribution < -0.4 is 0 Å². The van der Waals surface area contributed by atoms with Gasteiger partial charge < -0.3 is 0 Å². The van der Waals surface area contributed by atoms with Gasteiger partial charge in [-0.1, -0.05) is 42.4 Å². The van der Waals surface area contributed by atoms with Crippen molar-refractivity contribution in [3.05, 3.63) is 34.6 Å². The van der Waals surface area contributed by atoms with E-state index in [9.17, 15) is 0 Å². The van der Waals surface area contributed by atoms with Gasteiger partial charge in [-0.25, -0.2) is 0 Å². The number of hydrogen-bond acceptors (Lipinski definition) is 0. The third-order valence-electron chi connectivity index (χ3n) is 4.02. The van der Waals surface area contributed by atoms with Gasteiger partial charge in [0.25, 0.3) is 0 Å². The molecule has 0 aromatic carbocycles. The van der Waals surface area contributed by atoms with Gasteiger partial charge in [0.1, 0.15) is 0 Å². The predicted molar refractivity (Wildman–Crippen MR) is 72.7 cm³/mol. The van der Waals surface area contributed by atoms with E-state index < -0.39 is 8.07 Å². The van der Waals surface area contributed by atoms with Crippen LogP contribution in [0.25, 0.3) is 0 Å². The summed E-state index contributed by atoms with van der Waals surface area (Å²) < 4.78 is 0. The van der Waals surface area contributed by atoms with Crippen LogP contribution >= 0.6 is 0 Å². The van der Waals surface area contributed by atoms with Crippen LogP contribution in [0, 0.1) is 5.92 Å². The molecule has 0 saturated heterocycles. The van der Waals surface area contributed by atoms with Gasteiger partial charge in [0, 0.05) is 0 Å². The van der Waals surface area contributed by atoms with E-state index in [4.69, 9.17) is 0 Å². The second-order valence-corrected chi connectivity index (χ2v) is 10.2. The van der Waals surface area contributed by atoms with Gasteiger partial charge in [0.05, 0.1) is 8.07 Å². The van der Waals surface area contributed by atoms with Crippen molar-refractivity contribution in [3.8, 4) is 0 Å².